The lowest BCUT2D eigenvalue weighted by Gasteiger charge is -2.33. The van der Waals surface area contributed by atoms with Crippen molar-refractivity contribution in [1.82, 2.24) is 44.5 Å². The molecule has 1 aromatic carbocycles. The molecular weight excluding hydrogens is 416 g/mol. The molecule has 1 aliphatic heterocycles. The number of para-hydroxylation sites is 1. The van der Waals surface area contributed by atoms with Gasteiger partial charge in [-0.05, 0) is 30.3 Å². The summed E-state index contributed by atoms with van der Waals surface area (Å²) in [6.07, 6.45) is 7.16. The van der Waals surface area contributed by atoms with E-state index in [1.54, 1.807) is 27.9 Å². The summed E-state index contributed by atoms with van der Waals surface area (Å²) in [5.74, 6) is 1.30. The van der Waals surface area contributed by atoms with Gasteiger partial charge in [0.1, 0.15) is 0 Å². The highest BCUT2D eigenvalue weighted by Crippen LogP contribution is 2.20. The first-order valence-corrected chi connectivity index (χ1v) is 10.9. The van der Waals surface area contributed by atoms with E-state index in [2.05, 4.69) is 34.9 Å². The summed E-state index contributed by atoms with van der Waals surface area (Å²) >= 11 is 0. The van der Waals surface area contributed by atoms with Crippen LogP contribution in [0.25, 0.3) is 22.7 Å². The molecule has 0 bridgehead atoms. The Bertz CT molecular complexity index is 1350. The zero-order valence-corrected chi connectivity index (χ0v) is 17.9. The van der Waals surface area contributed by atoms with Gasteiger partial charge in [0.05, 0.1) is 23.3 Å². The number of rotatable bonds is 5. The maximum atomic E-state index is 4.76. The van der Waals surface area contributed by atoms with E-state index < -0.39 is 0 Å². The Labute approximate surface area is 190 Å². The van der Waals surface area contributed by atoms with Crippen LogP contribution in [0.2, 0.25) is 0 Å². The summed E-state index contributed by atoms with van der Waals surface area (Å²) in [6.45, 7) is 4.26. The van der Waals surface area contributed by atoms with E-state index in [0.29, 0.717) is 11.7 Å². The van der Waals surface area contributed by atoms with E-state index in [0.717, 1.165) is 55.4 Å². The molecule has 1 saturated heterocycles. The van der Waals surface area contributed by atoms with Crippen LogP contribution >= 0.6 is 0 Å². The standard InChI is InChI=1S/C23H22N10/c1-2-4-20(5-3-1)33-26-16-19(28-33)17-30-12-14-31(15-13-30)23-27-22-25-11-8-21(32(22)29-23)18-6-9-24-10-7-18/h1-11,16H,12-15,17H2. The number of hydrogen-bond acceptors (Lipinski definition) is 8. The third kappa shape index (κ3) is 3.92. The van der Waals surface area contributed by atoms with Crippen molar-refractivity contribution in [3.63, 3.8) is 0 Å². The molecule has 33 heavy (non-hydrogen) atoms. The fraction of sp³-hybridized carbons (Fsp3) is 0.217. The van der Waals surface area contributed by atoms with Gasteiger partial charge in [0.15, 0.2) is 0 Å². The van der Waals surface area contributed by atoms with Crippen LogP contribution in [0.15, 0.2) is 73.3 Å². The van der Waals surface area contributed by atoms with Crippen LogP contribution in [-0.4, -0.2) is 70.6 Å². The molecule has 5 heterocycles. The fourth-order valence-electron chi connectivity index (χ4n) is 4.05. The highest BCUT2D eigenvalue weighted by Gasteiger charge is 2.22. The molecule has 4 aromatic heterocycles. The van der Waals surface area contributed by atoms with Crippen molar-refractivity contribution < 1.29 is 0 Å². The minimum Gasteiger partial charge on any atom is -0.337 e. The average Bonchev–Trinajstić information content (AvgIpc) is 3.53. The number of anilines is 1. The Kier molecular flexibility index (Phi) is 4.96. The average molecular weight is 438 g/mol. The normalized spacial score (nSPS) is 14.7. The van der Waals surface area contributed by atoms with Gasteiger partial charge in [-0.25, -0.2) is 4.98 Å². The van der Waals surface area contributed by atoms with Crippen molar-refractivity contribution in [3.8, 4) is 16.9 Å². The van der Waals surface area contributed by atoms with E-state index in [1.165, 1.54) is 0 Å². The number of hydrogen-bond donors (Lipinski definition) is 0. The number of benzene rings is 1. The van der Waals surface area contributed by atoms with Gasteiger partial charge in [0.25, 0.3) is 5.78 Å². The molecular formula is C23H22N10. The number of piperazine rings is 1. The Morgan fingerprint density at radius 3 is 2.45 bits per heavy atom. The maximum absolute atomic E-state index is 4.76. The first-order chi connectivity index (χ1) is 16.3. The molecule has 5 aromatic rings. The van der Waals surface area contributed by atoms with Crippen molar-refractivity contribution in [2.75, 3.05) is 31.1 Å². The van der Waals surface area contributed by atoms with Crippen molar-refractivity contribution in [1.29, 1.82) is 0 Å². The largest absolute Gasteiger partial charge is 0.337 e. The highest BCUT2D eigenvalue weighted by molar-refractivity contribution is 5.61. The number of pyridine rings is 1. The Morgan fingerprint density at radius 2 is 1.64 bits per heavy atom. The summed E-state index contributed by atoms with van der Waals surface area (Å²) in [5.41, 5.74) is 3.90. The molecule has 1 aliphatic rings. The number of aromatic nitrogens is 8. The van der Waals surface area contributed by atoms with Gasteiger partial charge >= 0.3 is 0 Å². The van der Waals surface area contributed by atoms with Crippen LogP contribution in [-0.2, 0) is 6.54 Å². The molecule has 0 atom stereocenters. The Balaban J connectivity index is 1.14. The molecule has 0 unspecified atom stereocenters. The van der Waals surface area contributed by atoms with Crippen molar-refractivity contribution >= 4 is 11.7 Å². The highest BCUT2D eigenvalue weighted by atomic mass is 15.5. The first kappa shape index (κ1) is 19.5. The minimum atomic E-state index is 0.597. The van der Waals surface area contributed by atoms with Gasteiger partial charge in [-0.1, -0.05) is 18.2 Å². The molecule has 6 rings (SSSR count). The summed E-state index contributed by atoms with van der Waals surface area (Å²) in [5, 5.41) is 13.8. The first-order valence-electron chi connectivity index (χ1n) is 10.9. The predicted octanol–water partition coefficient (Wildman–Crippen LogP) is 2.09. The van der Waals surface area contributed by atoms with Gasteiger partial charge in [-0.3, -0.25) is 9.88 Å². The zero-order valence-electron chi connectivity index (χ0n) is 17.9. The molecule has 0 spiro atoms. The van der Waals surface area contributed by atoms with Crippen molar-refractivity contribution in [3.05, 3.63) is 79.0 Å². The summed E-state index contributed by atoms with van der Waals surface area (Å²) < 4.78 is 1.80. The molecule has 10 heteroatoms. The number of nitrogens with zero attached hydrogens (tertiary/aromatic N) is 10. The van der Waals surface area contributed by atoms with Crippen LogP contribution < -0.4 is 4.90 Å². The molecule has 0 N–H and O–H groups in total. The topological polar surface area (TPSA) is 93.2 Å². The smallest absolute Gasteiger partial charge is 0.254 e. The third-order valence-electron chi connectivity index (χ3n) is 5.77. The monoisotopic (exact) mass is 438 g/mol. The van der Waals surface area contributed by atoms with E-state index in [1.807, 2.05) is 54.7 Å². The second-order valence-corrected chi connectivity index (χ2v) is 7.91. The Hall–Kier alpha value is -4.18. The summed E-state index contributed by atoms with van der Waals surface area (Å²) in [4.78, 5) is 19.4. The second-order valence-electron chi connectivity index (χ2n) is 7.91. The molecule has 0 aliphatic carbocycles. The third-order valence-corrected chi connectivity index (χ3v) is 5.77. The fourth-order valence-corrected chi connectivity index (χ4v) is 4.05. The molecule has 1 fully saturated rings. The predicted molar refractivity (Wildman–Crippen MR) is 123 cm³/mol. The van der Waals surface area contributed by atoms with E-state index >= 15 is 0 Å². The number of fused-ring (bicyclic) bond motifs is 1. The molecule has 164 valence electrons. The van der Waals surface area contributed by atoms with E-state index in [-0.39, 0.29) is 0 Å². The SMILES string of the molecule is c1ccc(-n2ncc(CN3CCN(c4nc5nccc(-c6ccncc6)n5n4)CC3)n2)cc1. The van der Waals surface area contributed by atoms with Gasteiger partial charge < -0.3 is 4.90 Å². The zero-order chi connectivity index (χ0) is 22.0. The molecule has 0 amide bonds. The van der Waals surface area contributed by atoms with E-state index in [9.17, 15) is 0 Å². The van der Waals surface area contributed by atoms with Gasteiger partial charge in [-0.15, -0.1) is 5.10 Å². The molecule has 0 saturated carbocycles. The molecule has 10 nitrogen and oxygen atoms in total. The van der Waals surface area contributed by atoms with Crippen LogP contribution in [0.4, 0.5) is 5.95 Å². The van der Waals surface area contributed by atoms with Crippen molar-refractivity contribution in [2.24, 2.45) is 0 Å². The summed E-state index contributed by atoms with van der Waals surface area (Å²) in [6, 6.07) is 15.8. The quantitative estimate of drug-likeness (QED) is 0.412. The lowest BCUT2D eigenvalue weighted by atomic mass is 10.2. The van der Waals surface area contributed by atoms with Crippen LogP contribution in [0.3, 0.4) is 0 Å². The summed E-state index contributed by atoms with van der Waals surface area (Å²) in [7, 11) is 0. The lowest BCUT2D eigenvalue weighted by Crippen LogP contribution is -2.46. The lowest BCUT2D eigenvalue weighted by molar-refractivity contribution is 0.245. The Morgan fingerprint density at radius 1 is 0.818 bits per heavy atom. The van der Waals surface area contributed by atoms with Gasteiger partial charge in [0, 0.05) is 56.9 Å². The van der Waals surface area contributed by atoms with E-state index in [4.69, 9.17) is 5.10 Å². The molecule has 0 radical (unpaired) electrons. The van der Waals surface area contributed by atoms with Gasteiger partial charge in [-0.2, -0.15) is 24.5 Å². The minimum absolute atomic E-state index is 0.597. The maximum Gasteiger partial charge on any atom is 0.254 e. The second kappa shape index (κ2) is 8.40. The van der Waals surface area contributed by atoms with Crippen LogP contribution in [0.1, 0.15) is 5.69 Å². The van der Waals surface area contributed by atoms with Crippen LogP contribution in [0.5, 0.6) is 0 Å². The van der Waals surface area contributed by atoms with Gasteiger partial charge in [0.2, 0.25) is 5.95 Å². The van der Waals surface area contributed by atoms with Crippen LogP contribution in [0, 0.1) is 0 Å². The van der Waals surface area contributed by atoms with Crippen molar-refractivity contribution in [2.45, 2.75) is 6.54 Å².